The zero-order valence-electron chi connectivity index (χ0n) is 11.8. The SMILES string of the molecule is COc1ccc2c(c1)[C@@]1(C)CCC[C@@H](C#N)[C@@H]1CC2. The number of methoxy groups -OCH3 is 1. The van der Waals surface area contributed by atoms with Gasteiger partial charge in [-0.25, -0.2) is 0 Å². The van der Waals surface area contributed by atoms with E-state index in [0.717, 1.165) is 25.0 Å². The molecule has 1 fully saturated rings. The average molecular weight is 255 g/mol. The molecular formula is C17H21NO. The summed E-state index contributed by atoms with van der Waals surface area (Å²) in [6.45, 7) is 2.36. The number of aryl methyl sites for hydroxylation is 1. The van der Waals surface area contributed by atoms with Crippen molar-refractivity contribution in [1.29, 1.82) is 5.26 Å². The summed E-state index contributed by atoms with van der Waals surface area (Å²) in [6, 6.07) is 9.04. The number of benzene rings is 1. The first kappa shape index (κ1) is 12.5. The van der Waals surface area contributed by atoms with Gasteiger partial charge in [0.05, 0.1) is 13.2 Å². The normalized spacial score (nSPS) is 32.9. The molecule has 0 aromatic heterocycles. The second-order valence-electron chi connectivity index (χ2n) is 6.21. The van der Waals surface area contributed by atoms with Crippen LogP contribution >= 0.6 is 0 Å². The van der Waals surface area contributed by atoms with Crippen molar-refractivity contribution in [2.75, 3.05) is 7.11 Å². The van der Waals surface area contributed by atoms with Crippen molar-refractivity contribution in [2.24, 2.45) is 11.8 Å². The molecule has 0 radical (unpaired) electrons. The van der Waals surface area contributed by atoms with Crippen LogP contribution in [0.4, 0.5) is 0 Å². The maximum absolute atomic E-state index is 9.42. The summed E-state index contributed by atoms with van der Waals surface area (Å²) >= 11 is 0. The summed E-state index contributed by atoms with van der Waals surface area (Å²) in [6.07, 6.45) is 5.72. The van der Waals surface area contributed by atoms with Crippen molar-refractivity contribution >= 4 is 0 Å². The van der Waals surface area contributed by atoms with Crippen molar-refractivity contribution in [3.63, 3.8) is 0 Å². The molecule has 0 spiro atoms. The standard InChI is InChI=1S/C17H21NO/c1-17-9-3-4-13(11-18)15(17)8-6-12-5-7-14(19-2)10-16(12)17/h5,7,10,13,15H,3-4,6,8-9H2,1-2H3/t13-,15-,17-/m0/s1. The number of fused-ring (bicyclic) bond motifs is 3. The van der Waals surface area contributed by atoms with Gasteiger partial charge in [0, 0.05) is 5.92 Å². The van der Waals surface area contributed by atoms with Crippen LogP contribution in [-0.4, -0.2) is 7.11 Å². The Hall–Kier alpha value is -1.49. The third-order valence-corrected chi connectivity index (χ3v) is 5.34. The lowest BCUT2D eigenvalue weighted by molar-refractivity contribution is 0.137. The molecule has 1 aromatic rings. The summed E-state index contributed by atoms with van der Waals surface area (Å²) < 4.78 is 5.39. The summed E-state index contributed by atoms with van der Waals surface area (Å²) in [7, 11) is 1.73. The molecule has 100 valence electrons. The molecule has 0 N–H and O–H groups in total. The minimum atomic E-state index is 0.167. The van der Waals surface area contributed by atoms with Gasteiger partial charge in [-0.05, 0) is 60.3 Å². The Labute approximate surface area is 115 Å². The van der Waals surface area contributed by atoms with E-state index in [0.29, 0.717) is 5.92 Å². The second-order valence-corrected chi connectivity index (χ2v) is 6.21. The third-order valence-electron chi connectivity index (χ3n) is 5.34. The lowest BCUT2D eigenvalue weighted by atomic mass is 9.55. The minimum Gasteiger partial charge on any atom is -0.497 e. The molecule has 0 amide bonds. The van der Waals surface area contributed by atoms with Crippen molar-refractivity contribution in [2.45, 2.75) is 44.4 Å². The van der Waals surface area contributed by atoms with Crippen LogP contribution in [0.15, 0.2) is 18.2 Å². The van der Waals surface area contributed by atoms with Crippen molar-refractivity contribution < 1.29 is 4.74 Å². The van der Waals surface area contributed by atoms with E-state index in [1.807, 2.05) is 0 Å². The molecule has 0 unspecified atom stereocenters. The fourth-order valence-electron chi connectivity index (χ4n) is 4.27. The van der Waals surface area contributed by atoms with E-state index in [4.69, 9.17) is 4.74 Å². The summed E-state index contributed by atoms with van der Waals surface area (Å²) in [5.41, 5.74) is 3.06. The maximum atomic E-state index is 9.42. The highest BCUT2D eigenvalue weighted by Gasteiger charge is 2.46. The molecule has 0 heterocycles. The monoisotopic (exact) mass is 255 g/mol. The Morgan fingerprint density at radius 2 is 2.21 bits per heavy atom. The molecule has 3 rings (SSSR count). The van der Waals surface area contributed by atoms with E-state index in [2.05, 4.69) is 31.2 Å². The van der Waals surface area contributed by atoms with Crippen LogP contribution in [0.1, 0.15) is 43.7 Å². The van der Waals surface area contributed by atoms with Gasteiger partial charge in [0.2, 0.25) is 0 Å². The quantitative estimate of drug-likeness (QED) is 0.764. The predicted octanol–water partition coefficient (Wildman–Crippen LogP) is 3.84. The van der Waals surface area contributed by atoms with Crippen LogP contribution < -0.4 is 4.74 Å². The third kappa shape index (κ3) is 1.84. The number of ether oxygens (including phenoxy) is 1. The van der Waals surface area contributed by atoms with E-state index in [-0.39, 0.29) is 11.3 Å². The maximum Gasteiger partial charge on any atom is 0.119 e. The summed E-state index contributed by atoms with van der Waals surface area (Å²) in [5, 5.41) is 9.42. The van der Waals surface area contributed by atoms with Gasteiger partial charge in [-0.3, -0.25) is 0 Å². The largest absolute Gasteiger partial charge is 0.497 e. The zero-order valence-corrected chi connectivity index (χ0v) is 11.8. The molecule has 2 nitrogen and oxygen atoms in total. The molecule has 0 aliphatic heterocycles. The predicted molar refractivity (Wildman–Crippen MR) is 75.1 cm³/mol. The molecule has 2 heteroatoms. The molecule has 3 atom stereocenters. The van der Waals surface area contributed by atoms with E-state index in [9.17, 15) is 5.26 Å². The van der Waals surface area contributed by atoms with Crippen LogP contribution in [0.25, 0.3) is 0 Å². The van der Waals surface area contributed by atoms with Crippen LogP contribution in [0.3, 0.4) is 0 Å². The van der Waals surface area contributed by atoms with Crippen molar-refractivity contribution in [3.05, 3.63) is 29.3 Å². The first-order valence-corrected chi connectivity index (χ1v) is 7.26. The number of rotatable bonds is 1. The molecule has 2 aliphatic carbocycles. The smallest absolute Gasteiger partial charge is 0.119 e. The topological polar surface area (TPSA) is 33.0 Å². The first-order valence-electron chi connectivity index (χ1n) is 7.26. The van der Waals surface area contributed by atoms with Gasteiger partial charge in [0.25, 0.3) is 0 Å². The van der Waals surface area contributed by atoms with Gasteiger partial charge in [0.1, 0.15) is 5.75 Å². The highest BCUT2D eigenvalue weighted by molar-refractivity contribution is 5.43. The fourth-order valence-corrected chi connectivity index (χ4v) is 4.27. The Morgan fingerprint density at radius 3 is 2.95 bits per heavy atom. The minimum absolute atomic E-state index is 0.167. The van der Waals surface area contributed by atoms with E-state index in [1.165, 1.54) is 24.0 Å². The Balaban J connectivity index is 2.08. The molecule has 0 bridgehead atoms. The van der Waals surface area contributed by atoms with E-state index < -0.39 is 0 Å². The Bertz CT molecular complexity index is 531. The van der Waals surface area contributed by atoms with Gasteiger partial charge in [-0.1, -0.05) is 19.4 Å². The fraction of sp³-hybridized carbons (Fsp3) is 0.588. The first-order chi connectivity index (χ1) is 9.19. The molecular weight excluding hydrogens is 234 g/mol. The van der Waals surface area contributed by atoms with Gasteiger partial charge in [0.15, 0.2) is 0 Å². The van der Waals surface area contributed by atoms with E-state index in [1.54, 1.807) is 7.11 Å². The second kappa shape index (κ2) is 4.56. The van der Waals surface area contributed by atoms with Gasteiger partial charge < -0.3 is 4.74 Å². The number of hydrogen-bond acceptors (Lipinski definition) is 2. The lowest BCUT2D eigenvalue weighted by Gasteiger charge is -2.48. The summed E-state index contributed by atoms with van der Waals surface area (Å²) in [5.74, 6) is 1.70. The zero-order chi connectivity index (χ0) is 13.5. The van der Waals surface area contributed by atoms with Gasteiger partial charge in [-0.2, -0.15) is 5.26 Å². The number of hydrogen-bond donors (Lipinski definition) is 0. The van der Waals surface area contributed by atoms with Crippen molar-refractivity contribution in [1.82, 2.24) is 0 Å². The van der Waals surface area contributed by atoms with Crippen LogP contribution in [-0.2, 0) is 11.8 Å². The Kier molecular flexibility index (Phi) is 3.01. The van der Waals surface area contributed by atoms with Gasteiger partial charge >= 0.3 is 0 Å². The molecule has 1 saturated carbocycles. The number of nitrogens with zero attached hydrogens (tertiary/aromatic N) is 1. The van der Waals surface area contributed by atoms with Crippen molar-refractivity contribution in [3.8, 4) is 11.8 Å². The van der Waals surface area contributed by atoms with E-state index >= 15 is 0 Å². The molecule has 0 saturated heterocycles. The molecule has 19 heavy (non-hydrogen) atoms. The number of nitriles is 1. The highest BCUT2D eigenvalue weighted by Crippen LogP contribution is 2.52. The van der Waals surface area contributed by atoms with Gasteiger partial charge in [-0.15, -0.1) is 0 Å². The molecule has 1 aromatic carbocycles. The highest BCUT2D eigenvalue weighted by atomic mass is 16.5. The van der Waals surface area contributed by atoms with Crippen LogP contribution in [0.5, 0.6) is 5.75 Å². The molecule has 2 aliphatic rings. The average Bonchev–Trinajstić information content (AvgIpc) is 2.45. The van der Waals surface area contributed by atoms with Crippen LogP contribution in [0.2, 0.25) is 0 Å². The van der Waals surface area contributed by atoms with Crippen LogP contribution in [0, 0.1) is 23.2 Å². The Morgan fingerprint density at radius 1 is 1.37 bits per heavy atom. The summed E-state index contributed by atoms with van der Waals surface area (Å²) in [4.78, 5) is 0. The lowest BCUT2D eigenvalue weighted by Crippen LogP contribution is -2.43.